The van der Waals surface area contributed by atoms with Gasteiger partial charge in [-0.1, -0.05) is 299 Å². The van der Waals surface area contributed by atoms with E-state index in [4.69, 9.17) is 19.7 Å². The fraction of sp³-hybridized carbons (Fsp3) is 0.904. The highest BCUT2D eigenvalue weighted by Crippen LogP contribution is 2.40. The first-order valence-corrected chi connectivity index (χ1v) is 47.2. The molecule has 4 saturated carbocycles. The van der Waals surface area contributed by atoms with Crippen LogP contribution in [0.1, 0.15) is 454 Å². The minimum atomic E-state index is -3.97. The number of carbonyl (C=O) groups excluding carboxylic acids is 2. The molecule has 1 aliphatic heterocycles. The number of fused-ring (bicyclic) bond motifs is 2. The number of halogens is 5. The van der Waals surface area contributed by atoms with Crippen LogP contribution >= 0.6 is 0 Å². The van der Waals surface area contributed by atoms with Crippen LogP contribution in [0.4, 0.5) is 22.0 Å². The van der Waals surface area contributed by atoms with E-state index in [1.165, 1.54) is 87.3 Å². The molecule has 0 amide bonds. The van der Waals surface area contributed by atoms with Crippen LogP contribution in [0.25, 0.3) is 0 Å². The van der Waals surface area contributed by atoms with Crippen molar-refractivity contribution in [2.45, 2.75) is 461 Å². The molecule has 702 valence electrons. The zero-order valence-corrected chi connectivity index (χ0v) is 83.7. The number of carboxylic acid groups (broad SMARTS) is 2. The van der Waals surface area contributed by atoms with Gasteiger partial charge in [-0.3, -0.25) is 19.2 Å². The first-order chi connectivity index (χ1) is 52.9. The molecule has 7 aliphatic rings. The SMILES string of the molecule is C.CC(=O)C1CCC(C(C)C)CC1.CC(=O)C1CCCC(C(C)C)C1.CC(C)C(C)(C)C.CC(C)C(C)C.CC(C)C1CCC(F)(F)CC1.CC(C)C1CCC1.CC(C)C1CCOCC1.CC(C)CCC(=O)O.CC(C)CCC(F)(F)F.CC(C)CCCC(=O)O.CC(C)COC(C)(C)C.CC(C)c1cc2cc(c1)C2.CCC(C)C(C)C. The first-order valence-electron chi connectivity index (χ1n) is 47.2. The Morgan fingerprint density at radius 1 is 0.470 bits per heavy atom. The number of carbonyl (C=O) groups is 4. The summed E-state index contributed by atoms with van der Waals surface area (Å²) in [6.07, 6.45) is 19.8. The number of ketones is 2. The summed E-state index contributed by atoms with van der Waals surface area (Å²) < 4.78 is 70.3. The molecular weight excluding hydrogens is 1470 g/mol. The summed E-state index contributed by atoms with van der Waals surface area (Å²) in [5, 5.41) is 16.4. The molecule has 3 atom stereocenters. The van der Waals surface area contributed by atoms with Crippen molar-refractivity contribution >= 4 is 23.5 Å². The van der Waals surface area contributed by atoms with Gasteiger partial charge < -0.3 is 19.7 Å². The van der Waals surface area contributed by atoms with Gasteiger partial charge in [0, 0.05) is 63.8 Å². The van der Waals surface area contributed by atoms with Gasteiger partial charge in [-0.05, 0) is 265 Å². The number of hydrogen-bond acceptors (Lipinski definition) is 6. The van der Waals surface area contributed by atoms with Gasteiger partial charge in [0.2, 0.25) is 5.92 Å². The molecule has 1 aromatic rings. The van der Waals surface area contributed by atoms with Crippen molar-refractivity contribution < 1.29 is 60.8 Å². The van der Waals surface area contributed by atoms with Crippen molar-refractivity contribution in [3.05, 3.63) is 34.9 Å². The molecule has 3 unspecified atom stereocenters. The van der Waals surface area contributed by atoms with Gasteiger partial charge in [0.25, 0.3) is 0 Å². The van der Waals surface area contributed by atoms with Gasteiger partial charge in [-0.25, -0.2) is 8.78 Å². The third-order valence-corrected chi connectivity index (χ3v) is 24.5. The Morgan fingerprint density at radius 3 is 1.05 bits per heavy atom. The van der Waals surface area contributed by atoms with Gasteiger partial charge >= 0.3 is 18.1 Å². The Balaban J connectivity index is -0.000000225. The quantitative estimate of drug-likeness (QED) is 0.112. The van der Waals surface area contributed by atoms with Crippen molar-refractivity contribution in [2.75, 3.05) is 19.8 Å². The normalized spacial score (nSPS) is 18.6. The van der Waals surface area contributed by atoms with Crippen LogP contribution in [0.3, 0.4) is 0 Å². The topological polar surface area (TPSA) is 127 Å². The van der Waals surface area contributed by atoms with Crippen molar-refractivity contribution in [2.24, 2.45) is 130 Å². The lowest BCUT2D eigenvalue weighted by Crippen LogP contribution is -2.26. The number of aliphatic carboxylic acids is 2. The third kappa shape index (κ3) is 82.4. The van der Waals surface area contributed by atoms with Crippen molar-refractivity contribution in [1.82, 2.24) is 0 Å². The summed E-state index contributed by atoms with van der Waals surface area (Å²) in [6.45, 7) is 85.1. The smallest absolute Gasteiger partial charge is 0.389 e. The van der Waals surface area contributed by atoms with E-state index in [1.54, 1.807) is 27.7 Å². The molecule has 1 heterocycles. The summed E-state index contributed by atoms with van der Waals surface area (Å²) in [5.41, 5.74) is 5.06. The zero-order valence-electron chi connectivity index (χ0n) is 83.7. The van der Waals surface area contributed by atoms with Crippen LogP contribution < -0.4 is 0 Å². The minimum Gasteiger partial charge on any atom is -0.481 e. The van der Waals surface area contributed by atoms with Crippen molar-refractivity contribution in [1.29, 1.82) is 0 Å². The number of Topliss-reactive ketones (excluding diaryl/α,β-unsaturated/α-hetero) is 2. The monoisotopic (exact) mass is 1680 g/mol. The van der Waals surface area contributed by atoms with Crippen LogP contribution in [-0.2, 0) is 35.1 Å². The largest absolute Gasteiger partial charge is 0.481 e. The highest BCUT2D eigenvalue weighted by atomic mass is 19.4. The average Bonchev–Trinajstić information content (AvgIpc) is 0.805. The molecule has 0 aromatic heterocycles. The summed E-state index contributed by atoms with van der Waals surface area (Å²) in [4.78, 5) is 42.1. The Labute approximate surface area is 726 Å². The second kappa shape index (κ2) is 70.4. The molecule has 117 heavy (non-hydrogen) atoms. The van der Waals surface area contributed by atoms with Crippen LogP contribution in [-0.4, -0.2) is 71.2 Å². The third-order valence-electron chi connectivity index (χ3n) is 24.5. The molecule has 1 saturated heterocycles. The maximum Gasteiger partial charge on any atom is 0.389 e. The van der Waals surface area contributed by atoms with Crippen molar-refractivity contribution in [3.63, 3.8) is 0 Å². The number of hydrogen-bond donors (Lipinski definition) is 2. The summed E-state index contributed by atoms with van der Waals surface area (Å²) in [6, 6.07) is 6.90. The van der Waals surface area contributed by atoms with Gasteiger partial charge in [-0.2, -0.15) is 13.2 Å². The highest BCUT2D eigenvalue weighted by molar-refractivity contribution is 5.78. The van der Waals surface area contributed by atoms with E-state index in [1.807, 2.05) is 13.8 Å². The second-order valence-corrected chi connectivity index (χ2v) is 42.4. The molecule has 6 aliphatic carbocycles. The molecule has 0 spiro atoms. The number of carboxylic acids is 2. The second-order valence-electron chi connectivity index (χ2n) is 42.4. The van der Waals surface area contributed by atoms with E-state index in [0.717, 1.165) is 142 Å². The predicted octanol–water partition coefficient (Wildman–Crippen LogP) is 33.9. The summed E-state index contributed by atoms with van der Waals surface area (Å²) in [5.74, 6) is 12.9. The average molecular weight is 1680 g/mol. The summed E-state index contributed by atoms with van der Waals surface area (Å²) in [7, 11) is 0. The maximum absolute atomic E-state index is 12.6. The minimum absolute atomic E-state index is 0. The van der Waals surface area contributed by atoms with Gasteiger partial charge in [0.1, 0.15) is 11.6 Å². The Kier molecular flexibility index (Phi) is 76.5. The molecule has 2 N–H and O–H groups in total. The molecule has 0 radical (unpaired) electrons. The zero-order chi connectivity index (χ0) is 91.8. The van der Waals surface area contributed by atoms with Crippen LogP contribution in [0, 0.1) is 130 Å². The van der Waals surface area contributed by atoms with E-state index >= 15 is 0 Å². The van der Waals surface area contributed by atoms with Gasteiger partial charge in [0.15, 0.2) is 0 Å². The van der Waals surface area contributed by atoms with Crippen LogP contribution in [0.2, 0.25) is 0 Å². The van der Waals surface area contributed by atoms with Gasteiger partial charge in [-0.15, -0.1) is 0 Å². The van der Waals surface area contributed by atoms with Gasteiger partial charge in [0.05, 0.1) is 5.60 Å². The van der Waals surface area contributed by atoms with E-state index < -0.39 is 30.5 Å². The lowest BCUT2D eigenvalue weighted by molar-refractivity contribution is -0.138. The fourth-order valence-electron chi connectivity index (χ4n) is 12.5. The molecule has 2 bridgehead atoms. The number of ether oxygens (including phenoxy) is 2. The van der Waals surface area contributed by atoms with Crippen molar-refractivity contribution in [3.8, 4) is 0 Å². The predicted molar refractivity (Wildman–Crippen MR) is 501 cm³/mol. The van der Waals surface area contributed by atoms with E-state index in [0.29, 0.717) is 90.0 Å². The number of alkyl halides is 5. The Morgan fingerprint density at radius 2 is 0.829 bits per heavy atom. The van der Waals surface area contributed by atoms with Crippen LogP contribution in [0.5, 0.6) is 0 Å². The molecule has 8 rings (SSSR count). The number of benzene rings is 1. The molecule has 1 aromatic carbocycles. The fourth-order valence-corrected chi connectivity index (χ4v) is 12.5. The lowest BCUT2D eigenvalue weighted by atomic mass is 9.75. The molecular formula is C104H203F5O8. The summed E-state index contributed by atoms with van der Waals surface area (Å²) >= 11 is 0. The lowest BCUT2D eigenvalue weighted by Gasteiger charge is -2.30. The molecule has 13 heteroatoms. The molecule has 8 nitrogen and oxygen atoms in total. The number of rotatable bonds is 22. The first kappa shape index (κ1) is 127. The molecule has 5 fully saturated rings. The van der Waals surface area contributed by atoms with E-state index in [2.05, 4.69) is 240 Å². The van der Waals surface area contributed by atoms with E-state index in [9.17, 15) is 41.1 Å². The Bertz CT molecular complexity index is 2410. The maximum atomic E-state index is 12.6. The standard InChI is InChI=1S/2C11H20O.C10H12.C9H16F2.C8H16O.C8H18O.C7H14O2.C7H14.2C7H16.C6H11F3.C6H12O2.C6H14.CH4/c1-8(2)10-4-6-11(7-5-10)9(3)12;1-8(2)10-5-4-6-11(7-10)9(3)12;1-7(2)10-5-8-3-9(4-8)6-10;1-7(2)8-3-5-9(10,11)6-4-8;1-7(2)8-3-5-9-6-4-8;1-7(2)6-9-8(3,4)5;1-6(2)4-3-5-7(8)9;1-6(2)7-4-3-5-7;1-6(2)7(3,4)5;1-5-7(4)6(2)3;1-5(2)3-4-6(7,8)9;1-5(2)3-4-6(7)8;1-5(2)6(3)4;/h2*8,10-11H,4-7H2,1-3H3;3,5-7H,4H2,1-2H3;7-8H,3-6H2,1-2H3;7-8H,3-6H2,1-2H3;7H,6H2,1-5H3;6H,3-5H2,1-2H3,(H,8,9);6-7H,3-5H2,1-2H3;6H,1-5H3;6-7H,5H2,1-4H3;5H,3-4H2,1-2H3;5H,3-4H2,1-2H3,(H,7,8);5-6H,1-4H3;1H4. The van der Waals surface area contributed by atoms with E-state index in [-0.39, 0.29) is 38.2 Å². The Hall–Kier alpha value is -2.93. The van der Waals surface area contributed by atoms with Crippen LogP contribution in [0.15, 0.2) is 18.2 Å². The highest BCUT2D eigenvalue weighted by Gasteiger charge is 2.36.